The summed E-state index contributed by atoms with van der Waals surface area (Å²) in [7, 11) is 0. The number of hydrogen-bond donors (Lipinski definition) is 1. The Balaban J connectivity index is 1.42. The Kier molecular flexibility index (Phi) is 5.77. The quantitative estimate of drug-likeness (QED) is 0.910. The van der Waals surface area contributed by atoms with Gasteiger partial charge in [0.25, 0.3) is 5.91 Å². The lowest BCUT2D eigenvalue weighted by Crippen LogP contribution is -2.44. The molecule has 5 heteroatoms. The number of carbonyl (C=O) groups excluding carboxylic acids is 2. The zero-order valence-corrected chi connectivity index (χ0v) is 14.2. The number of nitrogens with one attached hydrogen (secondary N) is 1. The van der Waals surface area contributed by atoms with Crippen LogP contribution in [-0.4, -0.2) is 41.3 Å². The molecule has 1 aliphatic heterocycles. The molecule has 130 valence electrons. The van der Waals surface area contributed by atoms with Gasteiger partial charge in [-0.3, -0.25) is 14.6 Å². The number of hydrogen-bond acceptors (Lipinski definition) is 3. The first-order valence-corrected chi connectivity index (χ1v) is 8.72. The largest absolute Gasteiger partial charge is 0.343 e. The Hall–Kier alpha value is -2.69. The number of benzene rings is 1. The Morgan fingerprint density at radius 2 is 1.84 bits per heavy atom. The van der Waals surface area contributed by atoms with Crippen molar-refractivity contribution in [2.45, 2.75) is 19.3 Å². The lowest BCUT2D eigenvalue weighted by atomic mass is 9.90. The lowest BCUT2D eigenvalue weighted by Gasteiger charge is -2.32. The molecule has 0 saturated carbocycles. The van der Waals surface area contributed by atoms with E-state index in [1.54, 1.807) is 18.3 Å². The van der Waals surface area contributed by atoms with Gasteiger partial charge in [-0.15, -0.1) is 0 Å². The molecule has 1 saturated heterocycles. The minimum absolute atomic E-state index is 0.0181. The Morgan fingerprint density at radius 3 is 2.52 bits per heavy atom. The van der Waals surface area contributed by atoms with Crippen molar-refractivity contribution in [1.82, 2.24) is 15.2 Å². The molecule has 0 spiro atoms. The van der Waals surface area contributed by atoms with Crippen LogP contribution in [0.5, 0.6) is 0 Å². The Bertz CT molecular complexity index is 695. The maximum atomic E-state index is 12.3. The van der Waals surface area contributed by atoms with E-state index in [-0.39, 0.29) is 18.4 Å². The molecule has 1 fully saturated rings. The van der Waals surface area contributed by atoms with E-state index in [0.717, 1.165) is 32.4 Å². The summed E-state index contributed by atoms with van der Waals surface area (Å²) in [6.07, 6.45) is 6.20. The number of carbonyl (C=O) groups is 2. The average Bonchev–Trinajstić information content (AvgIpc) is 2.68. The maximum Gasteiger partial charge on any atom is 0.253 e. The van der Waals surface area contributed by atoms with E-state index in [2.05, 4.69) is 34.6 Å². The van der Waals surface area contributed by atoms with E-state index in [0.29, 0.717) is 11.5 Å². The van der Waals surface area contributed by atoms with Crippen molar-refractivity contribution in [2.75, 3.05) is 19.6 Å². The van der Waals surface area contributed by atoms with Crippen molar-refractivity contribution in [2.24, 2.45) is 5.92 Å². The molecule has 0 atom stereocenters. The van der Waals surface area contributed by atoms with Gasteiger partial charge in [0.1, 0.15) is 0 Å². The van der Waals surface area contributed by atoms with Gasteiger partial charge >= 0.3 is 0 Å². The molecule has 5 nitrogen and oxygen atoms in total. The van der Waals surface area contributed by atoms with E-state index >= 15 is 0 Å². The molecule has 0 unspecified atom stereocenters. The molecule has 3 rings (SSSR count). The van der Waals surface area contributed by atoms with Gasteiger partial charge in [-0.25, -0.2) is 0 Å². The second kappa shape index (κ2) is 8.42. The monoisotopic (exact) mass is 337 g/mol. The summed E-state index contributed by atoms with van der Waals surface area (Å²) in [6, 6.07) is 13.9. The third-order valence-electron chi connectivity index (χ3n) is 4.66. The Morgan fingerprint density at radius 1 is 1.08 bits per heavy atom. The van der Waals surface area contributed by atoms with Crippen molar-refractivity contribution in [3.8, 4) is 0 Å². The third kappa shape index (κ3) is 4.89. The number of nitrogens with zero attached hydrogens (tertiary/aromatic N) is 2. The van der Waals surface area contributed by atoms with Gasteiger partial charge in [-0.05, 0) is 42.9 Å². The fourth-order valence-electron chi connectivity index (χ4n) is 3.20. The molecule has 1 N–H and O–H groups in total. The molecule has 2 amide bonds. The molecule has 0 aliphatic carbocycles. The lowest BCUT2D eigenvalue weighted by molar-refractivity contribution is -0.131. The van der Waals surface area contributed by atoms with E-state index < -0.39 is 0 Å². The Labute approximate surface area is 148 Å². The zero-order chi connectivity index (χ0) is 17.5. The first-order valence-electron chi connectivity index (χ1n) is 8.72. The van der Waals surface area contributed by atoms with Gasteiger partial charge in [-0.1, -0.05) is 30.3 Å². The molecular formula is C20H23N3O2. The van der Waals surface area contributed by atoms with Crippen molar-refractivity contribution < 1.29 is 9.59 Å². The summed E-state index contributed by atoms with van der Waals surface area (Å²) >= 11 is 0. The highest BCUT2D eigenvalue weighted by molar-refractivity contribution is 5.96. The van der Waals surface area contributed by atoms with Crippen LogP contribution in [-0.2, 0) is 11.2 Å². The van der Waals surface area contributed by atoms with Gasteiger partial charge in [0.15, 0.2) is 0 Å². The van der Waals surface area contributed by atoms with E-state index in [1.807, 2.05) is 11.0 Å². The minimum atomic E-state index is -0.264. The highest BCUT2D eigenvalue weighted by Crippen LogP contribution is 2.21. The van der Waals surface area contributed by atoms with Crippen LogP contribution in [0.25, 0.3) is 0 Å². The van der Waals surface area contributed by atoms with E-state index in [1.165, 1.54) is 11.8 Å². The predicted octanol–water partition coefficient (Wildman–Crippen LogP) is 2.29. The van der Waals surface area contributed by atoms with Crippen LogP contribution in [0.3, 0.4) is 0 Å². The van der Waals surface area contributed by atoms with Crippen LogP contribution >= 0.6 is 0 Å². The highest BCUT2D eigenvalue weighted by atomic mass is 16.2. The number of pyridine rings is 1. The summed E-state index contributed by atoms with van der Waals surface area (Å²) in [4.78, 5) is 30.0. The van der Waals surface area contributed by atoms with Gasteiger partial charge in [0, 0.05) is 25.5 Å². The van der Waals surface area contributed by atoms with Crippen LogP contribution in [0.2, 0.25) is 0 Å². The fourth-order valence-corrected chi connectivity index (χ4v) is 3.20. The van der Waals surface area contributed by atoms with Crippen molar-refractivity contribution >= 4 is 11.8 Å². The van der Waals surface area contributed by atoms with Crippen LogP contribution in [0.4, 0.5) is 0 Å². The summed E-state index contributed by atoms with van der Waals surface area (Å²) in [5.41, 5.74) is 1.83. The topological polar surface area (TPSA) is 62.3 Å². The SMILES string of the molecule is O=C(NCC(=O)N1CCC(Cc2ccccc2)CC1)c1cccnc1. The number of rotatable bonds is 5. The van der Waals surface area contributed by atoms with Crippen molar-refractivity contribution in [1.29, 1.82) is 0 Å². The average molecular weight is 337 g/mol. The number of amides is 2. The highest BCUT2D eigenvalue weighted by Gasteiger charge is 2.23. The minimum Gasteiger partial charge on any atom is -0.343 e. The first-order chi connectivity index (χ1) is 12.2. The normalized spacial score (nSPS) is 15.0. The molecule has 1 aromatic carbocycles. The fraction of sp³-hybridized carbons (Fsp3) is 0.350. The predicted molar refractivity (Wildman–Crippen MR) is 96.0 cm³/mol. The summed E-state index contributed by atoms with van der Waals surface area (Å²) in [5, 5.41) is 2.68. The van der Waals surface area contributed by atoms with Crippen LogP contribution < -0.4 is 5.32 Å². The van der Waals surface area contributed by atoms with Crippen molar-refractivity contribution in [3.05, 3.63) is 66.0 Å². The zero-order valence-electron chi connectivity index (χ0n) is 14.2. The van der Waals surface area contributed by atoms with E-state index in [4.69, 9.17) is 0 Å². The van der Waals surface area contributed by atoms with Crippen LogP contribution in [0, 0.1) is 5.92 Å². The second-order valence-corrected chi connectivity index (χ2v) is 6.44. The molecule has 2 heterocycles. The maximum absolute atomic E-state index is 12.3. The molecule has 0 radical (unpaired) electrons. The van der Waals surface area contributed by atoms with Crippen molar-refractivity contribution in [3.63, 3.8) is 0 Å². The number of likely N-dealkylation sites (tertiary alicyclic amines) is 1. The molecule has 2 aromatic rings. The molecular weight excluding hydrogens is 314 g/mol. The number of piperidine rings is 1. The second-order valence-electron chi connectivity index (χ2n) is 6.44. The summed E-state index contributed by atoms with van der Waals surface area (Å²) < 4.78 is 0. The van der Waals surface area contributed by atoms with Gasteiger partial charge in [-0.2, -0.15) is 0 Å². The third-order valence-corrected chi connectivity index (χ3v) is 4.66. The molecule has 1 aromatic heterocycles. The van der Waals surface area contributed by atoms with Crippen LogP contribution in [0.1, 0.15) is 28.8 Å². The molecule has 0 bridgehead atoms. The van der Waals surface area contributed by atoms with Crippen LogP contribution in [0.15, 0.2) is 54.9 Å². The molecule has 1 aliphatic rings. The summed E-state index contributed by atoms with van der Waals surface area (Å²) in [6.45, 7) is 1.56. The standard InChI is InChI=1S/C20H23N3O2/c24-19(15-22-20(25)18-7-4-10-21-14-18)23-11-8-17(9-12-23)13-16-5-2-1-3-6-16/h1-7,10,14,17H,8-9,11-13,15H2,(H,22,25). The first kappa shape index (κ1) is 17.1. The summed E-state index contributed by atoms with van der Waals surface area (Å²) in [5.74, 6) is 0.340. The molecule has 25 heavy (non-hydrogen) atoms. The number of aromatic nitrogens is 1. The van der Waals surface area contributed by atoms with Gasteiger partial charge in [0.2, 0.25) is 5.91 Å². The van der Waals surface area contributed by atoms with Gasteiger partial charge < -0.3 is 10.2 Å². The smallest absolute Gasteiger partial charge is 0.253 e. The van der Waals surface area contributed by atoms with Gasteiger partial charge in [0.05, 0.1) is 12.1 Å². The van der Waals surface area contributed by atoms with E-state index in [9.17, 15) is 9.59 Å².